The fourth-order valence-electron chi connectivity index (χ4n) is 3.26. The molecule has 0 aliphatic carbocycles. The molecular weight excluding hydrogens is 344 g/mol. The maximum atomic E-state index is 12.9. The number of fused-ring (bicyclic) bond motifs is 1. The Labute approximate surface area is 157 Å². The highest BCUT2D eigenvalue weighted by molar-refractivity contribution is 7.13. The molecule has 3 aromatic rings. The molecule has 0 bridgehead atoms. The molecule has 1 aromatic heterocycles. The largest absolute Gasteiger partial charge is 0.497 e. The summed E-state index contributed by atoms with van der Waals surface area (Å²) in [7, 11) is 1.67. The zero-order chi connectivity index (χ0) is 18.1. The number of carbonyl (C=O) groups is 1. The molecule has 132 valence electrons. The normalized spacial score (nSPS) is 13.4. The SMILES string of the molecule is COc1ccc2c(c1)CN(C(=O)c1ccc(-c3nc(C)cs3)cc1)CC2. The Morgan fingerprint density at radius 3 is 2.65 bits per heavy atom. The fraction of sp³-hybridized carbons (Fsp3) is 0.238. The van der Waals surface area contributed by atoms with Gasteiger partial charge in [-0.1, -0.05) is 18.2 Å². The molecule has 4 nitrogen and oxygen atoms in total. The van der Waals surface area contributed by atoms with Crippen LogP contribution in [0.15, 0.2) is 47.8 Å². The number of ether oxygens (including phenoxy) is 1. The van der Waals surface area contributed by atoms with Crippen molar-refractivity contribution in [1.82, 2.24) is 9.88 Å². The number of benzene rings is 2. The number of aryl methyl sites for hydroxylation is 1. The van der Waals surface area contributed by atoms with Crippen molar-refractivity contribution in [2.75, 3.05) is 13.7 Å². The van der Waals surface area contributed by atoms with Crippen molar-refractivity contribution in [3.8, 4) is 16.3 Å². The van der Waals surface area contributed by atoms with Crippen molar-refractivity contribution in [3.05, 3.63) is 70.2 Å². The smallest absolute Gasteiger partial charge is 0.254 e. The molecule has 1 aliphatic rings. The summed E-state index contributed by atoms with van der Waals surface area (Å²) < 4.78 is 5.31. The average molecular weight is 364 g/mol. The molecule has 2 aromatic carbocycles. The van der Waals surface area contributed by atoms with E-state index in [1.54, 1.807) is 18.4 Å². The van der Waals surface area contributed by atoms with Gasteiger partial charge in [0, 0.05) is 35.3 Å². The monoisotopic (exact) mass is 364 g/mol. The Morgan fingerprint density at radius 1 is 1.15 bits per heavy atom. The highest BCUT2D eigenvalue weighted by Gasteiger charge is 2.22. The maximum Gasteiger partial charge on any atom is 0.254 e. The number of hydrogen-bond acceptors (Lipinski definition) is 4. The predicted octanol–water partition coefficient (Wildman–Crippen LogP) is 4.33. The number of amides is 1. The quantitative estimate of drug-likeness (QED) is 0.695. The second-order valence-corrected chi connectivity index (χ2v) is 7.34. The molecule has 26 heavy (non-hydrogen) atoms. The van der Waals surface area contributed by atoms with E-state index in [9.17, 15) is 4.79 Å². The lowest BCUT2D eigenvalue weighted by molar-refractivity contribution is 0.0734. The minimum Gasteiger partial charge on any atom is -0.497 e. The molecule has 0 atom stereocenters. The van der Waals surface area contributed by atoms with Gasteiger partial charge in [0.25, 0.3) is 5.91 Å². The Hall–Kier alpha value is -2.66. The summed E-state index contributed by atoms with van der Waals surface area (Å²) >= 11 is 1.62. The lowest BCUT2D eigenvalue weighted by atomic mass is 9.98. The van der Waals surface area contributed by atoms with Crippen molar-refractivity contribution >= 4 is 17.2 Å². The molecule has 0 fully saturated rings. The molecule has 2 heterocycles. The van der Waals surface area contributed by atoms with Crippen LogP contribution in [0.1, 0.15) is 27.2 Å². The van der Waals surface area contributed by atoms with Crippen LogP contribution in [0.3, 0.4) is 0 Å². The summed E-state index contributed by atoms with van der Waals surface area (Å²) in [5.41, 5.74) is 5.25. The van der Waals surface area contributed by atoms with Gasteiger partial charge < -0.3 is 9.64 Å². The molecule has 1 amide bonds. The van der Waals surface area contributed by atoms with Gasteiger partial charge in [-0.25, -0.2) is 4.98 Å². The van der Waals surface area contributed by atoms with Gasteiger partial charge in [-0.3, -0.25) is 4.79 Å². The number of hydrogen-bond donors (Lipinski definition) is 0. The van der Waals surface area contributed by atoms with Gasteiger partial charge in [0.15, 0.2) is 0 Å². The van der Waals surface area contributed by atoms with Gasteiger partial charge in [0.05, 0.1) is 7.11 Å². The second-order valence-electron chi connectivity index (χ2n) is 6.48. The molecule has 4 rings (SSSR count). The summed E-state index contributed by atoms with van der Waals surface area (Å²) in [5.74, 6) is 0.904. The van der Waals surface area contributed by atoms with Crippen molar-refractivity contribution in [2.45, 2.75) is 19.9 Å². The molecule has 5 heteroatoms. The number of aromatic nitrogens is 1. The van der Waals surface area contributed by atoms with Crippen LogP contribution in [0.4, 0.5) is 0 Å². The van der Waals surface area contributed by atoms with Gasteiger partial charge in [0.1, 0.15) is 10.8 Å². The van der Waals surface area contributed by atoms with E-state index in [1.807, 2.05) is 53.6 Å². The summed E-state index contributed by atoms with van der Waals surface area (Å²) in [5, 5.41) is 3.02. The van der Waals surface area contributed by atoms with E-state index < -0.39 is 0 Å². The van der Waals surface area contributed by atoms with Crippen LogP contribution >= 0.6 is 11.3 Å². The van der Waals surface area contributed by atoms with Gasteiger partial charge in [0.2, 0.25) is 0 Å². The van der Waals surface area contributed by atoms with Crippen LogP contribution < -0.4 is 4.74 Å². The van der Waals surface area contributed by atoms with Crippen LogP contribution in [-0.4, -0.2) is 29.4 Å². The summed E-state index contributed by atoms with van der Waals surface area (Å²) in [6, 6.07) is 13.9. The molecular formula is C21H20N2O2S. The number of methoxy groups -OCH3 is 1. The number of carbonyl (C=O) groups excluding carboxylic acids is 1. The van der Waals surface area contributed by atoms with E-state index in [0.29, 0.717) is 12.1 Å². The van der Waals surface area contributed by atoms with Crippen LogP contribution in [0.5, 0.6) is 5.75 Å². The third-order valence-electron chi connectivity index (χ3n) is 4.71. The summed E-state index contributed by atoms with van der Waals surface area (Å²) in [4.78, 5) is 19.3. The van der Waals surface area contributed by atoms with E-state index in [0.717, 1.165) is 35.0 Å². The molecule has 0 saturated heterocycles. The van der Waals surface area contributed by atoms with E-state index in [-0.39, 0.29) is 5.91 Å². The van der Waals surface area contributed by atoms with E-state index in [1.165, 1.54) is 11.1 Å². The fourth-order valence-corrected chi connectivity index (χ4v) is 4.06. The molecule has 1 aliphatic heterocycles. The lowest BCUT2D eigenvalue weighted by Gasteiger charge is -2.29. The zero-order valence-electron chi connectivity index (χ0n) is 14.9. The van der Waals surface area contributed by atoms with E-state index in [2.05, 4.69) is 11.1 Å². The molecule has 0 spiro atoms. The predicted molar refractivity (Wildman–Crippen MR) is 104 cm³/mol. The van der Waals surface area contributed by atoms with Gasteiger partial charge >= 0.3 is 0 Å². The third kappa shape index (κ3) is 3.22. The number of thiazole rings is 1. The Balaban J connectivity index is 1.52. The molecule has 0 unspecified atom stereocenters. The van der Waals surface area contributed by atoms with Crippen molar-refractivity contribution in [2.24, 2.45) is 0 Å². The first-order valence-electron chi connectivity index (χ1n) is 8.61. The van der Waals surface area contributed by atoms with Crippen LogP contribution in [0.25, 0.3) is 10.6 Å². The van der Waals surface area contributed by atoms with Crippen LogP contribution in [-0.2, 0) is 13.0 Å². The van der Waals surface area contributed by atoms with Crippen LogP contribution in [0.2, 0.25) is 0 Å². The standard InChI is InChI=1S/C21H20N2O2S/c1-14-13-26-20(22-14)16-3-5-17(6-4-16)21(24)23-10-9-15-7-8-19(25-2)11-18(15)12-23/h3-8,11,13H,9-10,12H2,1-2H3. The third-order valence-corrected chi connectivity index (χ3v) is 5.72. The maximum absolute atomic E-state index is 12.9. The minimum absolute atomic E-state index is 0.0698. The molecule has 0 N–H and O–H groups in total. The van der Waals surface area contributed by atoms with Crippen molar-refractivity contribution in [3.63, 3.8) is 0 Å². The Kier molecular flexibility index (Phi) is 4.47. The second kappa shape index (κ2) is 6.92. The highest BCUT2D eigenvalue weighted by Crippen LogP contribution is 2.26. The van der Waals surface area contributed by atoms with Gasteiger partial charge in [-0.2, -0.15) is 0 Å². The van der Waals surface area contributed by atoms with E-state index >= 15 is 0 Å². The number of nitrogens with zero attached hydrogens (tertiary/aromatic N) is 2. The summed E-state index contributed by atoms with van der Waals surface area (Å²) in [6.45, 7) is 3.35. The highest BCUT2D eigenvalue weighted by atomic mass is 32.1. The zero-order valence-corrected chi connectivity index (χ0v) is 15.7. The van der Waals surface area contributed by atoms with Crippen molar-refractivity contribution in [1.29, 1.82) is 0 Å². The molecule has 0 saturated carbocycles. The topological polar surface area (TPSA) is 42.4 Å². The first kappa shape index (κ1) is 16.8. The average Bonchev–Trinajstić information content (AvgIpc) is 3.13. The van der Waals surface area contributed by atoms with Gasteiger partial charge in [-0.15, -0.1) is 11.3 Å². The van der Waals surface area contributed by atoms with Gasteiger partial charge in [-0.05, 0) is 48.7 Å². The summed E-state index contributed by atoms with van der Waals surface area (Å²) in [6.07, 6.45) is 0.877. The van der Waals surface area contributed by atoms with E-state index in [4.69, 9.17) is 4.74 Å². The van der Waals surface area contributed by atoms with Crippen molar-refractivity contribution < 1.29 is 9.53 Å². The lowest BCUT2D eigenvalue weighted by Crippen LogP contribution is -2.35. The Bertz CT molecular complexity index is 947. The first-order valence-corrected chi connectivity index (χ1v) is 9.49. The molecule has 0 radical (unpaired) electrons. The van der Waals surface area contributed by atoms with Crippen LogP contribution in [0, 0.1) is 6.92 Å². The minimum atomic E-state index is 0.0698. The first-order chi connectivity index (χ1) is 12.6. The Morgan fingerprint density at radius 2 is 1.96 bits per heavy atom. The number of rotatable bonds is 3.